The number of halogens is 2. The minimum absolute atomic E-state index is 0.353. The molecular weight excluding hydrogens is 354 g/mol. The van der Waals surface area contributed by atoms with Gasteiger partial charge in [-0.05, 0) is 31.4 Å². The van der Waals surface area contributed by atoms with Gasteiger partial charge in [0.15, 0.2) is 0 Å². The first-order valence-corrected chi connectivity index (χ1v) is 9.00. The number of hydrogen-bond acceptors (Lipinski definition) is 4. The van der Waals surface area contributed by atoms with E-state index >= 15 is 0 Å². The zero-order valence-electron chi connectivity index (χ0n) is 15.7. The summed E-state index contributed by atoms with van der Waals surface area (Å²) >= 11 is 0. The number of hydrogen-bond donors (Lipinski definition) is 1. The first kappa shape index (κ1) is 20.7. The van der Waals surface area contributed by atoms with Gasteiger partial charge in [0.1, 0.15) is 12.1 Å². The van der Waals surface area contributed by atoms with Gasteiger partial charge in [0.05, 0.1) is 12.6 Å². The Bertz CT molecular complexity index is 747. The van der Waals surface area contributed by atoms with Crippen molar-refractivity contribution < 1.29 is 18.4 Å². The van der Waals surface area contributed by atoms with Crippen LogP contribution >= 0.6 is 0 Å². The highest BCUT2D eigenvalue weighted by molar-refractivity contribution is 5.97. The lowest BCUT2D eigenvalue weighted by Gasteiger charge is -2.23. The summed E-state index contributed by atoms with van der Waals surface area (Å²) in [6, 6.07) is 2.72. The Morgan fingerprint density at radius 3 is 2.81 bits per heavy atom. The molecule has 27 heavy (non-hydrogen) atoms. The normalized spacial score (nSPS) is 20.6. The van der Waals surface area contributed by atoms with Crippen LogP contribution in [-0.4, -0.2) is 46.2 Å². The molecule has 6 nitrogen and oxygen atoms in total. The van der Waals surface area contributed by atoms with E-state index in [0.717, 1.165) is 23.4 Å². The molecule has 1 fully saturated rings. The van der Waals surface area contributed by atoms with Crippen LogP contribution in [0.25, 0.3) is 0 Å². The second-order valence-corrected chi connectivity index (χ2v) is 7.12. The molecule has 0 spiro atoms. The van der Waals surface area contributed by atoms with Gasteiger partial charge in [-0.25, -0.2) is 8.78 Å². The second kappa shape index (κ2) is 8.42. The Balaban J connectivity index is 2.04. The van der Waals surface area contributed by atoms with E-state index in [1.165, 1.54) is 19.2 Å². The molecule has 2 rings (SSSR count). The van der Waals surface area contributed by atoms with Crippen LogP contribution in [-0.2, 0) is 11.2 Å². The molecular formula is C19H24F2N4O2. The van der Waals surface area contributed by atoms with Crippen LogP contribution in [0.15, 0.2) is 18.3 Å². The van der Waals surface area contributed by atoms with E-state index in [0.29, 0.717) is 11.5 Å². The summed E-state index contributed by atoms with van der Waals surface area (Å²) in [5, 5.41) is 11.5. The Labute approximate surface area is 157 Å². The number of amides is 2. The molecule has 3 atom stereocenters. The van der Waals surface area contributed by atoms with Crippen molar-refractivity contribution in [3.63, 3.8) is 0 Å². The van der Waals surface area contributed by atoms with Gasteiger partial charge in [-0.15, -0.1) is 0 Å². The average molecular weight is 378 g/mol. The topological polar surface area (TPSA) is 86.1 Å². The largest absolute Gasteiger partial charge is 0.341 e. The van der Waals surface area contributed by atoms with Gasteiger partial charge in [0.2, 0.25) is 5.91 Å². The SMILES string of the molecule is CCC(C)Cc1cc(C(=O)NC(C)C(=O)N2CC(F)(F)C[C@H]2C#N)ccn1. The molecule has 1 N–H and O–H groups in total. The number of alkyl halides is 2. The van der Waals surface area contributed by atoms with Crippen molar-refractivity contribution in [2.24, 2.45) is 5.92 Å². The fourth-order valence-corrected chi connectivity index (χ4v) is 2.99. The maximum absolute atomic E-state index is 13.5. The third kappa shape index (κ3) is 5.22. The zero-order chi connectivity index (χ0) is 20.2. The molecule has 2 amide bonds. The van der Waals surface area contributed by atoms with E-state index < -0.39 is 42.8 Å². The minimum Gasteiger partial charge on any atom is -0.341 e. The Hall–Kier alpha value is -2.56. The fourth-order valence-electron chi connectivity index (χ4n) is 2.99. The summed E-state index contributed by atoms with van der Waals surface area (Å²) in [4.78, 5) is 30.0. The van der Waals surface area contributed by atoms with Gasteiger partial charge < -0.3 is 10.2 Å². The van der Waals surface area contributed by atoms with Gasteiger partial charge in [0, 0.05) is 23.9 Å². The van der Waals surface area contributed by atoms with Crippen LogP contribution in [0.2, 0.25) is 0 Å². The summed E-state index contributed by atoms with van der Waals surface area (Å²) in [5.74, 6) is -3.84. The summed E-state index contributed by atoms with van der Waals surface area (Å²) in [5.41, 5.74) is 1.13. The van der Waals surface area contributed by atoms with Crippen molar-refractivity contribution in [2.45, 2.75) is 58.0 Å². The molecule has 8 heteroatoms. The van der Waals surface area contributed by atoms with Gasteiger partial charge in [-0.1, -0.05) is 20.3 Å². The molecule has 0 aliphatic carbocycles. The van der Waals surface area contributed by atoms with Gasteiger partial charge in [-0.2, -0.15) is 5.26 Å². The van der Waals surface area contributed by atoms with Crippen LogP contribution in [0.3, 0.4) is 0 Å². The first-order chi connectivity index (χ1) is 12.7. The van der Waals surface area contributed by atoms with Crippen LogP contribution in [0.4, 0.5) is 8.78 Å². The second-order valence-electron chi connectivity index (χ2n) is 7.12. The lowest BCUT2D eigenvalue weighted by molar-refractivity contribution is -0.134. The highest BCUT2D eigenvalue weighted by Crippen LogP contribution is 2.32. The van der Waals surface area contributed by atoms with Crippen molar-refractivity contribution in [1.29, 1.82) is 5.26 Å². The van der Waals surface area contributed by atoms with E-state index in [4.69, 9.17) is 5.26 Å². The first-order valence-electron chi connectivity index (χ1n) is 9.00. The highest BCUT2D eigenvalue weighted by Gasteiger charge is 2.48. The lowest BCUT2D eigenvalue weighted by Crippen LogP contribution is -2.48. The molecule has 0 radical (unpaired) electrons. The standard InChI is InChI=1S/C19H24F2N4O2/c1-4-12(2)7-15-8-14(5-6-23-15)17(26)24-13(3)18(27)25-11-19(20,21)9-16(25)10-22/h5-6,8,12-13,16H,4,7,9,11H2,1-3H3,(H,24,26)/t12?,13?,16-/m0/s1. The maximum atomic E-state index is 13.5. The molecule has 2 heterocycles. The van der Waals surface area contributed by atoms with Crippen LogP contribution in [0.1, 0.15) is 49.7 Å². The predicted octanol–water partition coefficient (Wildman–Crippen LogP) is 2.55. The van der Waals surface area contributed by atoms with Crippen LogP contribution in [0, 0.1) is 17.2 Å². The molecule has 1 aromatic heterocycles. The molecule has 1 saturated heterocycles. The summed E-state index contributed by atoms with van der Waals surface area (Å²) in [6.45, 7) is 4.78. The number of nitriles is 1. The van der Waals surface area contributed by atoms with Crippen molar-refractivity contribution in [3.05, 3.63) is 29.6 Å². The monoisotopic (exact) mass is 378 g/mol. The van der Waals surface area contributed by atoms with E-state index in [1.807, 2.05) is 0 Å². The highest BCUT2D eigenvalue weighted by atomic mass is 19.3. The lowest BCUT2D eigenvalue weighted by atomic mass is 10.0. The van der Waals surface area contributed by atoms with E-state index in [9.17, 15) is 18.4 Å². The number of pyridine rings is 1. The van der Waals surface area contributed by atoms with Gasteiger partial charge >= 0.3 is 0 Å². The minimum atomic E-state index is -3.09. The Morgan fingerprint density at radius 1 is 1.48 bits per heavy atom. The molecule has 2 unspecified atom stereocenters. The number of likely N-dealkylation sites (tertiary alicyclic amines) is 1. The van der Waals surface area contributed by atoms with Crippen molar-refractivity contribution in [3.8, 4) is 6.07 Å². The third-order valence-electron chi connectivity index (χ3n) is 4.75. The quantitative estimate of drug-likeness (QED) is 0.824. The van der Waals surface area contributed by atoms with Gasteiger partial charge in [-0.3, -0.25) is 14.6 Å². The fraction of sp³-hybridized carbons (Fsp3) is 0.579. The van der Waals surface area contributed by atoms with Crippen molar-refractivity contribution in [2.75, 3.05) is 6.54 Å². The zero-order valence-corrected chi connectivity index (χ0v) is 15.7. The smallest absolute Gasteiger partial charge is 0.268 e. The molecule has 0 saturated carbocycles. The van der Waals surface area contributed by atoms with E-state index in [-0.39, 0.29) is 0 Å². The summed E-state index contributed by atoms with van der Waals surface area (Å²) in [6.07, 6.45) is 2.58. The number of carbonyl (C=O) groups is 2. The number of rotatable bonds is 6. The molecule has 0 bridgehead atoms. The summed E-state index contributed by atoms with van der Waals surface area (Å²) < 4.78 is 27.0. The molecule has 1 aliphatic heterocycles. The Morgan fingerprint density at radius 2 is 2.19 bits per heavy atom. The molecule has 1 aliphatic rings. The van der Waals surface area contributed by atoms with Gasteiger partial charge in [0.25, 0.3) is 11.8 Å². The number of carbonyl (C=O) groups excluding carboxylic acids is 2. The predicted molar refractivity (Wildman–Crippen MR) is 95.0 cm³/mol. The number of nitrogens with zero attached hydrogens (tertiary/aromatic N) is 3. The van der Waals surface area contributed by atoms with E-state index in [2.05, 4.69) is 24.1 Å². The van der Waals surface area contributed by atoms with Crippen LogP contribution < -0.4 is 5.32 Å². The summed E-state index contributed by atoms with van der Waals surface area (Å²) in [7, 11) is 0. The molecule has 0 aromatic carbocycles. The third-order valence-corrected chi connectivity index (χ3v) is 4.75. The maximum Gasteiger partial charge on any atom is 0.268 e. The molecule has 146 valence electrons. The van der Waals surface area contributed by atoms with Crippen molar-refractivity contribution in [1.82, 2.24) is 15.2 Å². The van der Waals surface area contributed by atoms with Crippen molar-refractivity contribution >= 4 is 11.8 Å². The number of aromatic nitrogens is 1. The molecule has 1 aromatic rings. The Kier molecular flexibility index (Phi) is 6.47. The number of nitrogens with one attached hydrogen (secondary N) is 1. The average Bonchev–Trinajstić information content (AvgIpc) is 2.95. The van der Waals surface area contributed by atoms with Crippen LogP contribution in [0.5, 0.6) is 0 Å². The van der Waals surface area contributed by atoms with E-state index in [1.54, 1.807) is 12.1 Å².